The van der Waals surface area contributed by atoms with E-state index in [0.29, 0.717) is 11.7 Å². The molecule has 1 unspecified atom stereocenters. The molecule has 1 aliphatic heterocycles. The molecular weight excluding hydrogens is 164 g/mol. The fourth-order valence-corrected chi connectivity index (χ4v) is 1.79. The van der Waals surface area contributed by atoms with Crippen LogP contribution >= 0.6 is 11.8 Å². The number of hydrogen-bond donors (Lipinski definition) is 3. The zero-order valence-electron chi connectivity index (χ0n) is 6.16. The molecule has 0 spiro atoms. The van der Waals surface area contributed by atoms with Crippen LogP contribution in [0.15, 0.2) is 0 Å². The highest BCUT2D eigenvalue weighted by Gasteiger charge is 2.19. The molecule has 0 amide bonds. The maximum absolute atomic E-state index is 9.04. The normalized spacial score (nSPS) is 20.9. The lowest BCUT2D eigenvalue weighted by atomic mass is 10.3. The first-order chi connectivity index (χ1) is 5.24. The first kappa shape index (κ1) is 8.83. The fourth-order valence-electron chi connectivity index (χ4n) is 0.932. The summed E-state index contributed by atoms with van der Waals surface area (Å²) in [4.78, 5) is 1.77. The third-order valence-corrected chi connectivity index (χ3v) is 2.45. The highest BCUT2D eigenvalue weighted by Crippen LogP contribution is 2.15. The molecule has 1 atom stereocenters. The van der Waals surface area contributed by atoms with Gasteiger partial charge in [0.1, 0.15) is 0 Å². The maximum atomic E-state index is 9.04. The zero-order chi connectivity index (χ0) is 8.27. The van der Waals surface area contributed by atoms with E-state index in [2.05, 4.69) is 0 Å². The molecule has 0 aromatic carbocycles. The predicted octanol–water partition coefficient (Wildman–Crippen LogP) is -0.677. The third-order valence-electron chi connectivity index (χ3n) is 1.53. The van der Waals surface area contributed by atoms with Gasteiger partial charge < -0.3 is 15.1 Å². The highest BCUT2D eigenvalue weighted by atomic mass is 32.2. The number of aliphatic hydroxyl groups excluding tert-OH is 2. The SMILES string of the molecule is N=C1SCCN1CC(O)CO. The monoisotopic (exact) mass is 176 g/mol. The standard InChI is InChI=1S/C6H12N2O2S/c7-6-8(1-2-11-6)3-5(10)4-9/h5,7,9-10H,1-4H2. The van der Waals surface area contributed by atoms with Crippen molar-refractivity contribution in [1.82, 2.24) is 4.90 Å². The van der Waals surface area contributed by atoms with Gasteiger partial charge in [0.05, 0.1) is 12.7 Å². The van der Waals surface area contributed by atoms with Crippen LogP contribution in [0.1, 0.15) is 0 Å². The third kappa shape index (κ3) is 2.36. The Morgan fingerprint density at radius 2 is 2.45 bits per heavy atom. The van der Waals surface area contributed by atoms with Gasteiger partial charge in [-0.15, -0.1) is 0 Å². The summed E-state index contributed by atoms with van der Waals surface area (Å²) in [5.74, 6) is 0.914. The van der Waals surface area contributed by atoms with Crippen LogP contribution in [0.2, 0.25) is 0 Å². The molecular formula is C6H12N2O2S. The largest absolute Gasteiger partial charge is 0.394 e. The molecule has 4 nitrogen and oxygen atoms in total. The lowest BCUT2D eigenvalue weighted by Gasteiger charge is -2.18. The van der Waals surface area contributed by atoms with Crippen molar-refractivity contribution in [3.05, 3.63) is 0 Å². The molecule has 0 saturated carbocycles. The molecule has 0 aromatic heterocycles. The van der Waals surface area contributed by atoms with E-state index in [-0.39, 0.29) is 6.61 Å². The summed E-state index contributed by atoms with van der Waals surface area (Å²) >= 11 is 1.47. The summed E-state index contributed by atoms with van der Waals surface area (Å²) in [5, 5.41) is 25.4. The van der Waals surface area contributed by atoms with Gasteiger partial charge in [-0.1, -0.05) is 11.8 Å². The lowest BCUT2D eigenvalue weighted by Crippen LogP contribution is -2.34. The Labute approximate surface area is 69.7 Å². The van der Waals surface area contributed by atoms with Crippen molar-refractivity contribution >= 4 is 16.9 Å². The van der Waals surface area contributed by atoms with E-state index in [1.165, 1.54) is 11.8 Å². The molecule has 0 bridgehead atoms. The summed E-state index contributed by atoms with van der Waals surface area (Å²) in [6, 6.07) is 0. The topological polar surface area (TPSA) is 67.6 Å². The number of thioether (sulfide) groups is 1. The van der Waals surface area contributed by atoms with E-state index in [9.17, 15) is 0 Å². The van der Waals surface area contributed by atoms with Crippen molar-refractivity contribution in [2.75, 3.05) is 25.4 Å². The molecule has 11 heavy (non-hydrogen) atoms. The van der Waals surface area contributed by atoms with Crippen LogP contribution in [0, 0.1) is 5.41 Å². The molecule has 1 fully saturated rings. The number of rotatable bonds is 3. The number of nitrogens with one attached hydrogen (secondary N) is 1. The molecule has 1 saturated heterocycles. The second kappa shape index (κ2) is 3.94. The van der Waals surface area contributed by atoms with E-state index < -0.39 is 6.10 Å². The lowest BCUT2D eigenvalue weighted by molar-refractivity contribution is 0.0784. The molecule has 5 heteroatoms. The Morgan fingerprint density at radius 1 is 1.73 bits per heavy atom. The molecule has 0 aliphatic carbocycles. The minimum Gasteiger partial charge on any atom is -0.394 e. The molecule has 1 heterocycles. The summed E-state index contributed by atoms with van der Waals surface area (Å²) < 4.78 is 0. The Hall–Kier alpha value is -0.260. The predicted molar refractivity (Wildman–Crippen MR) is 44.9 cm³/mol. The number of hydrogen-bond acceptors (Lipinski definition) is 4. The van der Waals surface area contributed by atoms with Crippen molar-refractivity contribution in [2.24, 2.45) is 0 Å². The van der Waals surface area contributed by atoms with Gasteiger partial charge in [-0.2, -0.15) is 0 Å². The van der Waals surface area contributed by atoms with Crippen molar-refractivity contribution in [1.29, 1.82) is 5.41 Å². The first-order valence-corrected chi connectivity index (χ1v) is 4.48. The minimum absolute atomic E-state index is 0.228. The molecule has 1 rings (SSSR count). The van der Waals surface area contributed by atoms with Crippen LogP contribution in [-0.2, 0) is 0 Å². The van der Waals surface area contributed by atoms with E-state index in [4.69, 9.17) is 15.6 Å². The van der Waals surface area contributed by atoms with E-state index in [1.807, 2.05) is 0 Å². The van der Waals surface area contributed by atoms with Gasteiger partial charge in [-0.3, -0.25) is 5.41 Å². The summed E-state index contributed by atoms with van der Waals surface area (Å²) in [6.45, 7) is 0.956. The van der Waals surface area contributed by atoms with Crippen LogP contribution < -0.4 is 0 Å². The van der Waals surface area contributed by atoms with E-state index >= 15 is 0 Å². The molecule has 0 radical (unpaired) electrons. The van der Waals surface area contributed by atoms with Gasteiger partial charge in [-0.25, -0.2) is 0 Å². The van der Waals surface area contributed by atoms with E-state index in [0.717, 1.165) is 12.3 Å². The summed E-state index contributed by atoms with van der Waals surface area (Å²) in [7, 11) is 0. The molecule has 0 aromatic rings. The van der Waals surface area contributed by atoms with Crippen molar-refractivity contribution in [3.8, 4) is 0 Å². The van der Waals surface area contributed by atoms with Gasteiger partial charge in [0.25, 0.3) is 0 Å². The highest BCUT2D eigenvalue weighted by molar-refractivity contribution is 8.14. The Kier molecular flexibility index (Phi) is 3.16. The number of nitrogens with zero attached hydrogens (tertiary/aromatic N) is 1. The van der Waals surface area contributed by atoms with Gasteiger partial charge >= 0.3 is 0 Å². The van der Waals surface area contributed by atoms with Crippen LogP contribution in [0.3, 0.4) is 0 Å². The van der Waals surface area contributed by atoms with Gasteiger partial charge in [-0.05, 0) is 0 Å². The summed E-state index contributed by atoms with van der Waals surface area (Å²) in [5.41, 5.74) is 0. The average molecular weight is 176 g/mol. The smallest absolute Gasteiger partial charge is 0.156 e. The van der Waals surface area contributed by atoms with Gasteiger partial charge in [0.15, 0.2) is 5.17 Å². The quantitative estimate of drug-likeness (QED) is 0.533. The Balaban J connectivity index is 2.30. The fraction of sp³-hybridized carbons (Fsp3) is 0.833. The van der Waals surface area contributed by atoms with Crippen molar-refractivity contribution in [2.45, 2.75) is 6.10 Å². The second-order valence-electron chi connectivity index (χ2n) is 2.44. The Bertz CT molecular complexity index is 154. The average Bonchev–Trinajstić information content (AvgIpc) is 2.37. The number of β-amino-alcohol motifs (C(OH)–C–C–N with tert-alkyl or cyclic N) is 1. The molecule has 3 N–H and O–H groups in total. The molecule has 1 aliphatic rings. The van der Waals surface area contributed by atoms with Crippen LogP contribution in [0.25, 0.3) is 0 Å². The van der Waals surface area contributed by atoms with Gasteiger partial charge in [0, 0.05) is 18.8 Å². The van der Waals surface area contributed by atoms with Crippen LogP contribution in [0.4, 0.5) is 0 Å². The second-order valence-corrected chi connectivity index (χ2v) is 3.52. The van der Waals surface area contributed by atoms with Crippen molar-refractivity contribution < 1.29 is 10.2 Å². The zero-order valence-corrected chi connectivity index (χ0v) is 6.97. The molecule has 64 valence electrons. The minimum atomic E-state index is -0.714. The van der Waals surface area contributed by atoms with Crippen molar-refractivity contribution in [3.63, 3.8) is 0 Å². The first-order valence-electron chi connectivity index (χ1n) is 3.49. The maximum Gasteiger partial charge on any atom is 0.156 e. The van der Waals surface area contributed by atoms with Gasteiger partial charge in [0.2, 0.25) is 0 Å². The summed E-state index contributed by atoms with van der Waals surface area (Å²) in [6.07, 6.45) is -0.714. The Morgan fingerprint density at radius 3 is 2.91 bits per heavy atom. The van der Waals surface area contributed by atoms with Crippen LogP contribution in [0.5, 0.6) is 0 Å². The van der Waals surface area contributed by atoms with Crippen LogP contribution in [-0.4, -0.2) is 51.8 Å². The van der Waals surface area contributed by atoms with E-state index in [1.54, 1.807) is 4.90 Å². The number of amidine groups is 1. The number of aliphatic hydroxyl groups is 2.